The van der Waals surface area contributed by atoms with Crippen LogP contribution in [-0.2, 0) is 11.2 Å². The molecule has 1 aliphatic heterocycles. The standard InChI is InChI=1S/C22H21ClN4O/c23-19-7-1-5-17(13-19)21-22(26-10-9-25-21)18-6-3-11-27(15-18)20(28)12-16-4-2-8-24-14-16/h1-2,4-5,7-10,13-14,18H,3,6,11-12,15H2. The van der Waals surface area contributed by atoms with Gasteiger partial charge in [-0.15, -0.1) is 0 Å². The third kappa shape index (κ3) is 4.20. The summed E-state index contributed by atoms with van der Waals surface area (Å²) in [5, 5.41) is 0.672. The second-order valence-electron chi connectivity index (χ2n) is 7.02. The summed E-state index contributed by atoms with van der Waals surface area (Å²) in [4.78, 5) is 28.0. The number of likely N-dealkylation sites (tertiary alicyclic amines) is 1. The zero-order valence-corrected chi connectivity index (χ0v) is 16.2. The number of pyridine rings is 1. The SMILES string of the molecule is O=C(Cc1cccnc1)N1CCCC(c2nccnc2-c2cccc(Cl)c2)C1. The van der Waals surface area contributed by atoms with Gasteiger partial charge in [0.25, 0.3) is 0 Å². The number of rotatable bonds is 4. The van der Waals surface area contributed by atoms with E-state index in [0.717, 1.165) is 41.9 Å². The van der Waals surface area contributed by atoms with Crippen LogP contribution in [0.5, 0.6) is 0 Å². The van der Waals surface area contributed by atoms with Gasteiger partial charge in [0.1, 0.15) is 0 Å². The molecule has 2 aromatic heterocycles. The lowest BCUT2D eigenvalue weighted by Gasteiger charge is -2.33. The molecular weight excluding hydrogens is 372 g/mol. The highest BCUT2D eigenvalue weighted by molar-refractivity contribution is 6.30. The van der Waals surface area contributed by atoms with E-state index in [-0.39, 0.29) is 11.8 Å². The fourth-order valence-electron chi connectivity index (χ4n) is 3.72. The second kappa shape index (κ2) is 8.48. The Kier molecular flexibility index (Phi) is 5.63. The number of aromatic nitrogens is 3. The van der Waals surface area contributed by atoms with Crippen molar-refractivity contribution in [2.24, 2.45) is 0 Å². The molecule has 1 atom stereocenters. The number of hydrogen-bond acceptors (Lipinski definition) is 4. The van der Waals surface area contributed by atoms with Crippen molar-refractivity contribution in [3.8, 4) is 11.3 Å². The Morgan fingerprint density at radius 1 is 1.14 bits per heavy atom. The van der Waals surface area contributed by atoms with Gasteiger partial charge in [-0.3, -0.25) is 19.7 Å². The summed E-state index contributed by atoms with van der Waals surface area (Å²) >= 11 is 6.17. The minimum atomic E-state index is 0.130. The zero-order chi connectivity index (χ0) is 19.3. The highest BCUT2D eigenvalue weighted by Crippen LogP contribution is 2.32. The molecular formula is C22H21ClN4O. The largest absolute Gasteiger partial charge is 0.342 e. The minimum absolute atomic E-state index is 0.130. The average Bonchev–Trinajstić information content (AvgIpc) is 2.74. The zero-order valence-electron chi connectivity index (χ0n) is 15.5. The molecule has 0 saturated carbocycles. The van der Waals surface area contributed by atoms with Gasteiger partial charge in [-0.25, -0.2) is 0 Å². The van der Waals surface area contributed by atoms with E-state index < -0.39 is 0 Å². The maximum atomic E-state index is 12.8. The molecule has 1 aromatic carbocycles. The fraction of sp³-hybridized carbons (Fsp3) is 0.273. The molecule has 0 aliphatic carbocycles. The second-order valence-corrected chi connectivity index (χ2v) is 7.45. The van der Waals surface area contributed by atoms with Crippen molar-refractivity contribution in [1.29, 1.82) is 0 Å². The predicted molar refractivity (Wildman–Crippen MR) is 109 cm³/mol. The number of carbonyl (C=O) groups is 1. The van der Waals surface area contributed by atoms with Crippen LogP contribution in [0.25, 0.3) is 11.3 Å². The lowest BCUT2D eigenvalue weighted by atomic mass is 9.91. The minimum Gasteiger partial charge on any atom is -0.342 e. The Labute approximate surface area is 169 Å². The van der Waals surface area contributed by atoms with Crippen LogP contribution in [-0.4, -0.2) is 38.8 Å². The first-order chi connectivity index (χ1) is 13.7. The highest BCUT2D eigenvalue weighted by atomic mass is 35.5. The molecule has 0 N–H and O–H groups in total. The lowest BCUT2D eigenvalue weighted by molar-refractivity contribution is -0.131. The Hall–Kier alpha value is -2.79. The molecule has 5 nitrogen and oxygen atoms in total. The molecule has 0 radical (unpaired) electrons. The molecule has 0 spiro atoms. The number of nitrogens with zero attached hydrogens (tertiary/aromatic N) is 4. The van der Waals surface area contributed by atoms with E-state index in [1.807, 2.05) is 41.3 Å². The van der Waals surface area contributed by atoms with Crippen molar-refractivity contribution in [2.45, 2.75) is 25.2 Å². The highest BCUT2D eigenvalue weighted by Gasteiger charge is 2.28. The molecule has 1 aliphatic rings. The summed E-state index contributed by atoms with van der Waals surface area (Å²) in [6.07, 6.45) is 9.21. The van der Waals surface area contributed by atoms with Crippen molar-refractivity contribution in [1.82, 2.24) is 19.9 Å². The summed E-state index contributed by atoms with van der Waals surface area (Å²) in [5.41, 5.74) is 3.67. The van der Waals surface area contributed by atoms with Crippen molar-refractivity contribution >= 4 is 17.5 Å². The molecule has 1 unspecified atom stereocenters. The van der Waals surface area contributed by atoms with Gasteiger partial charge >= 0.3 is 0 Å². The first-order valence-electron chi connectivity index (χ1n) is 9.44. The molecule has 4 rings (SSSR count). The van der Waals surface area contributed by atoms with Crippen molar-refractivity contribution in [2.75, 3.05) is 13.1 Å². The summed E-state index contributed by atoms with van der Waals surface area (Å²) < 4.78 is 0. The van der Waals surface area contributed by atoms with Crippen LogP contribution in [0.4, 0.5) is 0 Å². The van der Waals surface area contributed by atoms with Gasteiger partial charge < -0.3 is 4.90 Å². The predicted octanol–water partition coefficient (Wildman–Crippen LogP) is 4.14. The summed E-state index contributed by atoms with van der Waals surface area (Å²) in [5.74, 6) is 0.292. The summed E-state index contributed by atoms with van der Waals surface area (Å²) in [7, 11) is 0. The third-order valence-electron chi connectivity index (χ3n) is 5.06. The molecule has 1 amide bonds. The van der Waals surface area contributed by atoms with Gasteiger partial charge in [-0.05, 0) is 36.6 Å². The Balaban J connectivity index is 1.55. The van der Waals surface area contributed by atoms with Gasteiger partial charge in [0.15, 0.2) is 0 Å². The van der Waals surface area contributed by atoms with E-state index in [1.165, 1.54) is 0 Å². The number of halogens is 1. The van der Waals surface area contributed by atoms with E-state index in [2.05, 4.69) is 15.0 Å². The van der Waals surface area contributed by atoms with E-state index in [9.17, 15) is 4.79 Å². The van der Waals surface area contributed by atoms with E-state index in [1.54, 1.807) is 24.8 Å². The number of benzene rings is 1. The first-order valence-corrected chi connectivity index (χ1v) is 9.82. The molecule has 3 aromatic rings. The maximum absolute atomic E-state index is 12.8. The van der Waals surface area contributed by atoms with Crippen LogP contribution in [0.3, 0.4) is 0 Å². The molecule has 1 fully saturated rings. The van der Waals surface area contributed by atoms with Gasteiger partial charge in [-0.2, -0.15) is 0 Å². The van der Waals surface area contributed by atoms with E-state index in [0.29, 0.717) is 18.0 Å². The normalized spacial score (nSPS) is 16.8. The average molecular weight is 393 g/mol. The van der Waals surface area contributed by atoms with Gasteiger partial charge in [0.2, 0.25) is 5.91 Å². The van der Waals surface area contributed by atoms with E-state index in [4.69, 9.17) is 11.6 Å². The Morgan fingerprint density at radius 3 is 2.86 bits per heavy atom. The number of hydrogen-bond donors (Lipinski definition) is 0. The third-order valence-corrected chi connectivity index (χ3v) is 5.30. The van der Waals surface area contributed by atoms with Crippen LogP contribution < -0.4 is 0 Å². The van der Waals surface area contributed by atoms with Crippen molar-refractivity contribution < 1.29 is 4.79 Å². The monoisotopic (exact) mass is 392 g/mol. The van der Waals surface area contributed by atoms with Crippen LogP contribution >= 0.6 is 11.6 Å². The number of amides is 1. The Morgan fingerprint density at radius 2 is 2.04 bits per heavy atom. The van der Waals surface area contributed by atoms with Crippen LogP contribution in [0.15, 0.2) is 61.2 Å². The molecule has 6 heteroatoms. The van der Waals surface area contributed by atoms with E-state index >= 15 is 0 Å². The van der Waals surface area contributed by atoms with Gasteiger partial charge in [-0.1, -0.05) is 29.8 Å². The topological polar surface area (TPSA) is 59.0 Å². The van der Waals surface area contributed by atoms with Crippen LogP contribution in [0.1, 0.15) is 30.0 Å². The lowest BCUT2D eigenvalue weighted by Crippen LogP contribution is -2.40. The number of piperidine rings is 1. The van der Waals surface area contributed by atoms with Crippen LogP contribution in [0.2, 0.25) is 5.02 Å². The van der Waals surface area contributed by atoms with Crippen LogP contribution in [0, 0.1) is 0 Å². The molecule has 1 saturated heterocycles. The first kappa shape index (κ1) is 18.6. The summed E-state index contributed by atoms with van der Waals surface area (Å²) in [6.45, 7) is 1.44. The summed E-state index contributed by atoms with van der Waals surface area (Å²) in [6, 6.07) is 11.5. The molecule has 142 valence electrons. The fourth-order valence-corrected chi connectivity index (χ4v) is 3.91. The van der Waals surface area contributed by atoms with Gasteiger partial charge in [0.05, 0.1) is 17.8 Å². The Bertz CT molecular complexity index is 964. The molecule has 0 bridgehead atoms. The molecule has 28 heavy (non-hydrogen) atoms. The smallest absolute Gasteiger partial charge is 0.227 e. The van der Waals surface area contributed by atoms with Gasteiger partial charge in [0, 0.05) is 54.4 Å². The maximum Gasteiger partial charge on any atom is 0.227 e. The van der Waals surface area contributed by atoms with Crippen molar-refractivity contribution in [3.63, 3.8) is 0 Å². The molecule has 3 heterocycles. The van der Waals surface area contributed by atoms with Crippen molar-refractivity contribution in [3.05, 3.63) is 77.5 Å². The number of carbonyl (C=O) groups excluding carboxylic acids is 1. The quantitative estimate of drug-likeness (QED) is 0.669.